The van der Waals surface area contributed by atoms with Gasteiger partial charge in [-0.25, -0.2) is 4.79 Å². The first-order chi connectivity index (χ1) is 33.8. The molecule has 0 saturated heterocycles. The Balaban J connectivity index is 3.07. The van der Waals surface area contributed by atoms with E-state index in [1.165, 1.54) is 19.3 Å². The molecule has 0 amide bonds. The molecule has 0 saturated carbocycles. The lowest BCUT2D eigenvalue weighted by Crippen LogP contribution is -2.16. The van der Waals surface area contributed by atoms with Crippen molar-refractivity contribution in [3.8, 4) is 0 Å². The highest BCUT2D eigenvalue weighted by atomic mass is 16.6. The molecule has 1 N–H and O–H groups in total. The van der Waals surface area contributed by atoms with Gasteiger partial charge in [-0.1, -0.05) is 26.2 Å². The number of rotatable bonds is 64. The zero-order chi connectivity index (χ0) is 48.8. The number of ether oxygens (including phenoxy) is 20. The van der Waals surface area contributed by atoms with E-state index in [-0.39, 0.29) is 13.2 Å². The maximum absolute atomic E-state index is 10.3. The third-order valence-electron chi connectivity index (χ3n) is 8.44. The highest BCUT2D eigenvalue weighted by Gasteiger charge is 2.00. The van der Waals surface area contributed by atoms with Gasteiger partial charge in [0.2, 0.25) is 0 Å². The predicted molar refractivity (Wildman–Crippen MR) is 248 cm³/mol. The summed E-state index contributed by atoms with van der Waals surface area (Å²) in [6.45, 7) is 21.1. The van der Waals surface area contributed by atoms with E-state index < -0.39 is 5.97 Å². The Labute approximate surface area is 406 Å². The van der Waals surface area contributed by atoms with Crippen LogP contribution in [-0.2, 0) is 99.5 Å². The van der Waals surface area contributed by atoms with Gasteiger partial charge in [0, 0.05) is 6.61 Å². The second kappa shape index (κ2) is 63.7. The molecular formula is C46H92O22. The highest BCUT2D eigenvalue weighted by molar-refractivity contribution is 5.67. The van der Waals surface area contributed by atoms with Crippen LogP contribution in [0.1, 0.15) is 32.6 Å². The number of aliphatic carboxylic acids is 1. The molecule has 0 aliphatic rings. The third kappa shape index (κ3) is 64.7. The molecular weight excluding hydrogens is 904 g/mol. The molecule has 0 aliphatic carbocycles. The van der Waals surface area contributed by atoms with Crippen molar-refractivity contribution in [2.75, 3.05) is 264 Å². The van der Waals surface area contributed by atoms with E-state index >= 15 is 0 Å². The van der Waals surface area contributed by atoms with E-state index in [0.29, 0.717) is 244 Å². The van der Waals surface area contributed by atoms with Gasteiger partial charge in [-0.15, -0.1) is 0 Å². The summed E-state index contributed by atoms with van der Waals surface area (Å²) < 4.78 is 109. The molecule has 0 aromatic heterocycles. The van der Waals surface area contributed by atoms with Crippen LogP contribution < -0.4 is 0 Å². The van der Waals surface area contributed by atoms with E-state index in [4.69, 9.17) is 99.8 Å². The van der Waals surface area contributed by atoms with E-state index in [9.17, 15) is 4.79 Å². The number of hydrogen-bond donors (Lipinski definition) is 1. The summed E-state index contributed by atoms with van der Waals surface area (Å²) in [6, 6.07) is 0. The van der Waals surface area contributed by atoms with Crippen LogP contribution >= 0.6 is 0 Å². The van der Waals surface area contributed by atoms with Gasteiger partial charge in [0.25, 0.3) is 0 Å². The van der Waals surface area contributed by atoms with Gasteiger partial charge in [0.1, 0.15) is 6.61 Å². The molecule has 0 unspecified atom stereocenters. The van der Waals surface area contributed by atoms with E-state index in [2.05, 4.69) is 6.92 Å². The van der Waals surface area contributed by atoms with Crippen LogP contribution in [0.4, 0.5) is 0 Å². The Hall–Kier alpha value is -1.33. The maximum Gasteiger partial charge on any atom is 0.329 e. The quantitative estimate of drug-likeness (QED) is 0.0861. The molecule has 0 rings (SSSR count). The minimum absolute atomic E-state index is 0.235. The lowest BCUT2D eigenvalue weighted by Gasteiger charge is -2.09. The van der Waals surface area contributed by atoms with Crippen LogP contribution in [0.2, 0.25) is 0 Å². The van der Waals surface area contributed by atoms with Crippen molar-refractivity contribution in [3.63, 3.8) is 0 Å². The molecule has 0 aromatic carbocycles. The molecule has 0 radical (unpaired) electrons. The van der Waals surface area contributed by atoms with Crippen LogP contribution in [0.15, 0.2) is 0 Å². The average molecular weight is 997 g/mol. The largest absolute Gasteiger partial charge is 0.480 e. The fraction of sp³-hybridized carbons (Fsp3) is 0.978. The predicted octanol–water partition coefficient (Wildman–Crippen LogP) is 1.98. The van der Waals surface area contributed by atoms with Crippen molar-refractivity contribution in [2.24, 2.45) is 0 Å². The molecule has 0 aromatic rings. The summed E-state index contributed by atoms with van der Waals surface area (Å²) in [5.74, 6) is -1.000. The van der Waals surface area contributed by atoms with Crippen LogP contribution in [0, 0.1) is 0 Å². The van der Waals surface area contributed by atoms with Gasteiger partial charge in [-0.05, 0) is 6.42 Å². The summed E-state index contributed by atoms with van der Waals surface area (Å²) in [6.07, 6.45) is 4.87. The molecule has 408 valence electrons. The van der Waals surface area contributed by atoms with Crippen LogP contribution in [0.25, 0.3) is 0 Å². The van der Waals surface area contributed by atoms with Gasteiger partial charge in [-0.3, -0.25) is 0 Å². The normalized spacial score (nSPS) is 11.7. The van der Waals surface area contributed by atoms with Gasteiger partial charge >= 0.3 is 5.97 Å². The Kier molecular flexibility index (Phi) is 62.4. The number of unbranched alkanes of at least 4 members (excludes halogenated alkanes) is 3. The Morgan fingerprint density at radius 2 is 0.368 bits per heavy atom. The Morgan fingerprint density at radius 1 is 0.221 bits per heavy atom. The topological polar surface area (TPSA) is 222 Å². The molecule has 0 bridgehead atoms. The second-order valence-corrected chi connectivity index (χ2v) is 14.1. The molecule has 0 spiro atoms. The number of carboxylic acid groups (broad SMARTS) is 1. The molecule has 0 aliphatic heterocycles. The minimum atomic E-state index is -1.000. The standard InChI is InChI=1S/C46H92O22/c1-2-3-4-5-6-49-7-8-50-9-10-51-11-12-52-13-14-53-15-16-54-17-18-55-19-20-56-21-22-57-23-24-58-25-26-59-27-28-60-29-30-61-31-32-62-33-34-63-35-36-64-37-38-65-39-40-66-41-42-67-43-44-68-45-46(47)48/h2-45H2,1H3,(H,47,48). The third-order valence-corrected chi connectivity index (χ3v) is 8.44. The summed E-state index contributed by atoms with van der Waals surface area (Å²) in [7, 11) is 0. The first kappa shape index (κ1) is 66.7. The minimum Gasteiger partial charge on any atom is -0.480 e. The monoisotopic (exact) mass is 997 g/mol. The smallest absolute Gasteiger partial charge is 0.329 e. The van der Waals surface area contributed by atoms with Gasteiger partial charge < -0.3 is 99.8 Å². The van der Waals surface area contributed by atoms with Gasteiger partial charge in [0.05, 0.1) is 251 Å². The SMILES string of the molecule is CCCCCCOCCOCCOCCOCCOCCOCCOCCOCCOCCOCCOCCOCCOCCOCCOCCOCCOCCOCCOCCOCC(=O)O. The Bertz CT molecular complexity index is 916. The number of hydrogen-bond acceptors (Lipinski definition) is 21. The van der Waals surface area contributed by atoms with Crippen molar-refractivity contribution in [1.82, 2.24) is 0 Å². The van der Waals surface area contributed by atoms with Crippen LogP contribution in [0.5, 0.6) is 0 Å². The molecule has 0 heterocycles. The molecule has 0 atom stereocenters. The number of carboxylic acids is 1. The zero-order valence-electron chi connectivity index (χ0n) is 41.6. The summed E-state index contributed by atoms with van der Waals surface area (Å²) >= 11 is 0. The van der Waals surface area contributed by atoms with Crippen molar-refractivity contribution in [1.29, 1.82) is 0 Å². The maximum atomic E-state index is 10.3. The zero-order valence-corrected chi connectivity index (χ0v) is 41.6. The van der Waals surface area contributed by atoms with E-state index in [1.54, 1.807) is 0 Å². The summed E-state index contributed by atoms with van der Waals surface area (Å²) in [5, 5.41) is 8.45. The fourth-order valence-electron chi connectivity index (χ4n) is 4.97. The number of carbonyl (C=O) groups is 1. The van der Waals surface area contributed by atoms with Crippen LogP contribution in [-0.4, -0.2) is 275 Å². The molecule has 22 heteroatoms. The summed E-state index contributed by atoms with van der Waals surface area (Å²) in [4.78, 5) is 10.3. The van der Waals surface area contributed by atoms with Crippen molar-refractivity contribution in [2.45, 2.75) is 32.6 Å². The average Bonchev–Trinajstić information content (AvgIpc) is 3.34. The molecule has 22 nitrogen and oxygen atoms in total. The second-order valence-electron chi connectivity index (χ2n) is 14.1. The van der Waals surface area contributed by atoms with E-state index in [0.717, 1.165) is 13.0 Å². The molecule has 0 fully saturated rings. The van der Waals surface area contributed by atoms with Crippen molar-refractivity contribution < 1.29 is 105 Å². The first-order valence-corrected chi connectivity index (χ1v) is 24.5. The van der Waals surface area contributed by atoms with Gasteiger partial charge in [0.15, 0.2) is 0 Å². The fourth-order valence-corrected chi connectivity index (χ4v) is 4.97. The summed E-state index contributed by atoms with van der Waals surface area (Å²) in [5.41, 5.74) is 0. The van der Waals surface area contributed by atoms with Crippen molar-refractivity contribution >= 4 is 5.97 Å². The lowest BCUT2D eigenvalue weighted by atomic mass is 10.2. The van der Waals surface area contributed by atoms with Crippen LogP contribution in [0.3, 0.4) is 0 Å². The van der Waals surface area contributed by atoms with Crippen molar-refractivity contribution in [3.05, 3.63) is 0 Å². The highest BCUT2D eigenvalue weighted by Crippen LogP contribution is 1.99. The first-order valence-electron chi connectivity index (χ1n) is 24.5. The van der Waals surface area contributed by atoms with E-state index in [1.807, 2.05) is 0 Å². The van der Waals surface area contributed by atoms with Gasteiger partial charge in [-0.2, -0.15) is 0 Å². The Morgan fingerprint density at radius 3 is 0.515 bits per heavy atom. The lowest BCUT2D eigenvalue weighted by molar-refractivity contribution is -0.142. The molecule has 68 heavy (non-hydrogen) atoms.